The first-order chi connectivity index (χ1) is 8.69. The van der Waals surface area contributed by atoms with Crippen molar-refractivity contribution in [3.8, 4) is 0 Å². The fraction of sp³-hybridized carbons (Fsp3) is 0.364. The number of carbonyl (C=O) groups is 1. The molecule has 19 heavy (non-hydrogen) atoms. The average molecular weight is 404 g/mol. The van der Waals surface area contributed by atoms with Gasteiger partial charge in [-0.1, -0.05) is 15.9 Å². The van der Waals surface area contributed by atoms with E-state index in [1.807, 2.05) is 5.32 Å². The number of alkyl halides is 3. The third-order valence-electron chi connectivity index (χ3n) is 2.16. The number of anilines is 1. The highest BCUT2D eigenvalue weighted by atomic mass is 79.9. The summed E-state index contributed by atoms with van der Waals surface area (Å²) < 4.78 is 37.4. The van der Waals surface area contributed by atoms with E-state index >= 15 is 0 Å². The maximum atomic E-state index is 12.0. The summed E-state index contributed by atoms with van der Waals surface area (Å²) in [4.78, 5) is 11.5. The topological polar surface area (TPSA) is 41.1 Å². The lowest BCUT2D eigenvalue weighted by atomic mass is 10.2. The summed E-state index contributed by atoms with van der Waals surface area (Å²) in [5.41, 5.74) is 0.615. The van der Waals surface area contributed by atoms with Gasteiger partial charge in [-0.15, -0.1) is 0 Å². The number of amides is 1. The van der Waals surface area contributed by atoms with Crippen LogP contribution in [0.4, 0.5) is 18.9 Å². The minimum Gasteiger partial charge on any atom is -0.373 e. The molecule has 1 aromatic carbocycles. The van der Waals surface area contributed by atoms with Gasteiger partial charge in [0.15, 0.2) is 0 Å². The Bertz CT molecular complexity index is 466. The van der Waals surface area contributed by atoms with E-state index in [4.69, 9.17) is 0 Å². The molecule has 0 bridgehead atoms. The number of halogens is 5. The van der Waals surface area contributed by atoms with Gasteiger partial charge < -0.3 is 10.6 Å². The quantitative estimate of drug-likeness (QED) is 0.804. The first-order valence-corrected chi connectivity index (χ1v) is 6.83. The molecule has 0 spiro atoms. The van der Waals surface area contributed by atoms with Gasteiger partial charge in [-0.05, 0) is 41.1 Å². The Morgan fingerprint density at radius 2 is 2.00 bits per heavy atom. The first-order valence-electron chi connectivity index (χ1n) is 5.25. The van der Waals surface area contributed by atoms with Crippen molar-refractivity contribution >= 4 is 43.5 Å². The smallest absolute Gasteiger partial charge is 0.373 e. The maximum Gasteiger partial charge on any atom is 0.405 e. The second-order valence-electron chi connectivity index (χ2n) is 3.82. The van der Waals surface area contributed by atoms with Crippen molar-refractivity contribution in [1.29, 1.82) is 0 Å². The molecule has 0 fully saturated rings. The Labute approximate surface area is 125 Å². The van der Waals surface area contributed by atoms with Crippen molar-refractivity contribution in [3.63, 3.8) is 0 Å². The Morgan fingerprint density at radius 1 is 1.37 bits per heavy atom. The fourth-order valence-electron chi connectivity index (χ4n) is 1.25. The van der Waals surface area contributed by atoms with Crippen molar-refractivity contribution in [3.05, 3.63) is 27.1 Å². The molecule has 106 valence electrons. The van der Waals surface area contributed by atoms with Gasteiger partial charge in [-0.3, -0.25) is 4.79 Å². The molecule has 1 amide bonds. The van der Waals surface area contributed by atoms with Crippen molar-refractivity contribution in [1.82, 2.24) is 5.32 Å². The molecule has 3 nitrogen and oxygen atoms in total. The first kappa shape index (κ1) is 16.3. The summed E-state index contributed by atoms with van der Waals surface area (Å²) in [5.74, 6) is -0.718. The minimum absolute atomic E-state index is 0.615. The van der Waals surface area contributed by atoms with Crippen LogP contribution in [0.1, 0.15) is 6.92 Å². The Morgan fingerprint density at radius 3 is 2.58 bits per heavy atom. The lowest BCUT2D eigenvalue weighted by Crippen LogP contribution is -2.42. The van der Waals surface area contributed by atoms with Crippen molar-refractivity contribution < 1.29 is 18.0 Å². The van der Waals surface area contributed by atoms with Crippen LogP contribution in [0.5, 0.6) is 0 Å². The molecule has 1 rings (SSSR count). The molecule has 1 unspecified atom stereocenters. The Balaban J connectivity index is 2.61. The molecule has 0 heterocycles. The Hall–Kier alpha value is -0.760. The number of hydrogen-bond acceptors (Lipinski definition) is 2. The molecule has 1 aromatic rings. The van der Waals surface area contributed by atoms with Crippen molar-refractivity contribution in [2.45, 2.75) is 19.1 Å². The van der Waals surface area contributed by atoms with E-state index in [2.05, 4.69) is 37.2 Å². The highest BCUT2D eigenvalue weighted by molar-refractivity contribution is 9.11. The average Bonchev–Trinajstić information content (AvgIpc) is 2.29. The maximum absolute atomic E-state index is 12.0. The van der Waals surface area contributed by atoms with Crippen molar-refractivity contribution in [2.24, 2.45) is 0 Å². The summed E-state index contributed by atoms with van der Waals surface area (Å²) in [5, 5.41) is 4.65. The van der Waals surface area contributed by atoms with Crippen LogP contribution in [0.3, 0.4) is 0 Å². The molecular formula is C11H11Br2F3N2O. The number of hydrogen-bond donors (Lipinski definition) is 2. The molecule has 0 aliphatic heterocycles. The van der Waals surface area contributed by atoms with Crippen LogP contribution in [0.25, 0.3) is 0 Å². The van der Waals surface area contributed by atoms with E-state index in [1.165, 1.54) is 6.92 Å². The predicted molar refractivity (Wildman–Crippen MR) is 74.0 cm³/mol. The van der Waals surface area contributed by atoms with Gasteiger partial charge in [0.2, 0.25) is 5.91 Å². The summed E-state index contributed by atoms with van der Waals surface area (Å²) in [6.07, 6.45) is -4.41. The van der Waals surface area contributed by atoms with Gasteiger partial charge in [0.05, 0.1) is 5.69 Å². The summed E-state index contributed by atoms with van der Waals surface area (Å²) in [6.45, 7) is 0.149. The van der Waals surface area contributed by atoms with Gasteiger partial charge in [0.25, 0.3) is 0 Å². The van der Waals surface area contributed by atoms with Gasteiger partial charge in [-0.2, -0.15) is 13.2 Å². The SMILES string of the molecule is CC(Nc1cc(Br)ccc1Br)C(=O)NCC(F)(F)F. The van der Waals surface area contributed by atoms with Crippen LogP contribution < -0.4 is 10.6 Å². The zero-order valence-corrected chi connectivity index (χ0v) is 13.0. The monoisotopic (exact) mass is 402 g/mol. The lowest BCUT2D eigenvalue weighted by Gasteiger charge is -2.17. The molecule has 0 saturated heterocycles. The van der Waals surface area contributed by atoms with E-state index in [-0.39, 0.29) is 0 Å². The van der Waals surface area contributed by atoms with Gasteiger partial charge >= 0.3 is 6.18 Å². The van der Waals surface area contributed by atoms with Crippen LogP contribution >= 0.6 is 31.9 Å². The standard InChI is InChI=1S/C11H11Br2F3N2O/c1-6(10(19)17-5-11(14,15)16)18-9-4-7(12)2-3-8(9)13/h2-4,6,18H,5H2,1H3,(H,17,19). The predicted octanol–water partition coefficient (Wildman–Crippen LogP) is 3.69. The van der Waals surface area contributed by atoms with E-state index in [0.29, 0.717) is 10.2 Å². The van der Waals surface area contributed by atoms with Crippen LogP contribution in [0.2, 0.25) is 0 Å². The number of rotatable bonds is 4. The van der Waals surface area contributed by atoms with Crippen LogP contribution in [-0.2, 0) is 4.79 Å². The van der Waals surface area contributed by atoms with E-state index in [0.717, 1.165) is 4.47 Å². The molecule has 1 atom stereocenters. The second-order valence-corrected chi connectivity index (χ2v) is 5.59. The zero-order valence-electron chi connectivity index (χ0n) is 9.81. The van der Waals surface area contributed by atoms with E-state index in [9.17, 15) is 18.0 Å². The van der Waals surface area contributed by atoms with E-state index in [1.54, 1.807) is 18.2 Å². The zero-order chi connectivity index (χ0) is 14.6. The highest BCUT2D eigenvalue weighted by Gasteiger charge is 2.28. The van der Waals surface area contributed by atoms with Crippen LogP contribution in [-0.4, -0.2) is 24.7 Å². The largest absolute Gasteiger partial charge is 0.405 e. The molecular weight excluding hydrogens is 393 g/mol. The van der Waals surface area contributed by atoms with Gasteiger partial charge in [0, 0.05) is 8.95 Å². The molecule has 0 saturated carbocycles. The number of benzene rings is 1. The van der Waals surface area contributed by atoms with Crippen LogP contribution in [0.15, 0.2) is 27.1 Å². The number of carbonyl (C=O) groups excluding carboxylic acids is 1. The third kappa shape index (κ3) is 5.82. The second kappa shape index (κ2) is 6.60. The van der Waals surface area contributed by atoms with Gasteiger partial charge in [0.1, 0.15) is 12.6 Å². The summed E-state index contributed by atoms with van der Waals surface area (Å²) in [6, 6.07) is 4.49. The number of nitrogens with one attached hydrogen (secondary N) is 2. The molecule has 0 aliphatic carbocycles. The minimum atomic E-state index is -4.41. The molecule has 2 N–H and O–H groups in total. The summed E-state index contributed by atoms with van der Waals surface area (Å²) >= 11 is 6.55. The highest BCUT2D eigenvalue weighted by Crippen LogP contribution is 2.26. The van der Waals surface area contributed by atoms with Crippen LogP contribution in [0, 0.1) is 0 Å². The molecule has 0 radical (unpaired) electrons. The normalized spacial score (nSPS) is 12.9. The third-order valence-corrected chi connectivity index (χ3v) is 3.34. The lowest BCUT2D eigenvalue weighted by molar-refractivity contribution is -0.138. The van der Waals surface area contributed by atoms with Crippen molar-refractivity contribution in [2.75, 3.05) is 11.9 Å². The molecule has 0 aromatic heterocycles. The molecule has 8 heteroatoms. The van der Waals surface area contributed by atoms with E-state index < -0.39 is 24.7 Å². The molecule has 0 aliphatic rings. The fourth-order valence-corrected chi connectivity index (χ4v) is 1.97. The Kier molecular flexibility index (Phi) is 5.66. The summed E-state index contributed by atoms with van der Waals surface area (Å²) in [7, 11) is 0. The van der Waals surface area contributed by atoms with Gasteiger partial charge in [-0.25, -0.2) is 0 Å².